The Kier molecular flexibility index (Phi) is 4.42. The zero-order chi connectivity index (χ0) is 39.9. The second-order valence-corrected chi connectivity index (χ2v) is 10.9. The lowest BCUT2D eigenvalue weighted by Crippen LogP contribution is -2.00. The molecule has 0 spiro atoms. The van der Waals surface area contributed by atoms with E-state index >= 15 is 0 Å². The van der Waals surface area contributed by atoms with Crippen LogP contribution in [0.4, 0.5) is 0 Å². The van der Waals surface area contributed by atoms with Gasteiger partial charge in [0.2, 0.25) is 0 Å². The van der Waals surface area contributed by atoms with Gasteiger partial charge < -0.3 is 4.42 Å². The van der Waals surface area contributed by atoms with Crippen molar-refractivity contribution in [2.45, 2.75) is 0 Å². The maximum absolute atomic E-state index is 8.80. The Morgan fingerprint density at radius 1 is 0.426 bits per heavy atom. The number of furan rings is 1. The first-order chi connectivity index (χ1) is 27.4. The second kappa shape index (κ2) is 11.2. The molecule has 0 aliphatic rings. The number of nitrogens with zero attached hydrogens (tertiary/aromatic N) is 3. The van der Waals surface area contributed by atoms with E-state index in [1.165, 1.54) is 0 Å². The Bertz CT molecular complexity index is 3090. The van der Waals surface area contributed by atoms with Crippen LogP contribution in [0.15, 0.2) is 168 Å². The van der Waals surface area contributed by atoms with Crippen molar-refractivity contribution in [3.8, 4) is 56.4 Å². The SMILES string of the molecule is [2H]c1c([2H])c([2H])c(-c2ccc3cc(-c4nc(-c5c([2H])c([2H])c([2H])c([2H])c5[2H])nc(-c5cc(-c6ccccc6)cc6oc7ccccc7c56)n4)ccc3c2)c([2H])c1[2H]. The molecule has 0 amide bonds. The summed E-state index contributed by atoms with van der Waals surface area (Å²) in [6, 6.07) is 27.4. The average Bonchev–Trinajstić information content (AvgIpc) is 3.62. The summed E-state index contributed by atoms with van der Waals surface area (Å²) in [5.41, 5.74) is 4.45. The molecule has 0 saturated heterocycles. The number of benzene rings is 7. The Morgan fingerprint density at radius 3 is 1.81 bits per heavy atom. The van der Waals surface area contributed by atoms with Gasteiger partial charge in [0, 0.05) is 27.5 Å². The van der Waals surface area contributed by atoms with Gasteiger partial charge in [-0.25, -0.2) is 15.0 Å². The number of para-hydroxylation sites is 1. The highest BCUT2D eigenvalue weighted by Crippen LogP contribution is 2.40. The lowest BCUT2D eigenvalue weighted by molar-refractivity contribution is 0.669. The molecule has 0 bridgehead atoms. The van der Waals surface area contributed by atoms with Gasteiger partial charge in [0.25, 0.3) is 0 Å². The minimum Gasteiger partial charge on any atom is -0.456 e. The van der Waals surface area contributed by atoms with Crippen LogP contribution < -0.4 is 0 Å². The van der Waals surface area contributed by atoms with Crippen LogP contribution in [0, 0.1) is 0 Å². The molecular formula is C43H27N3O. The molecule has 4 heteroatoms. The van der Waals surface area contributed by atoms with Gasteiger partial charge in [0.1, 0.15) is 11.2 Å². The van der Waals surface area contributed by atoms with Gasteiger partial charge in [-0.1, -0.05) is 133 Å². The Morgan fingerprint density at radius 2 is 1.04 bits per heavy atom. The molecule has 7 aromatic carbocycles. The molecule has 0 radical (unpaired) electrons. The molecule has 47 heavy (non-hydrogen) atoms. The Hall–Kier alpha value is -6.39. The van der Waals surface area contributed by atoms with E-state index in [0.29, 0.717) is 33.2 Å². The average molecular weight is 612 g/mol. The third-order valence-corrected chi connectivity index (χ3v) is 8.07. The minimum atomic E-state index is -0.539. The van der Waals surface area contributed by atoms with Crippen LogP contribution in [0.1, 0.15) is 13.7 Å². The van der Waals surface area contributed by atoms with Gasteiger partial charge in [0.15, 0.2) is 17.5 Å². The summed E-state index contributed by atoms with van der Waals surface area (Å²) >= 11 is 0. The molecule has 0 aliphatic heterocycles. The van der Waals surface area contributed by atoms with Crippen molar-refractivity contribution in [1.29, 1.82) is 0 Å². The maximum atomic E-state index is 8.80. The second-order valence-electron chi connectivity index (χ2n) is 10.9. The summed E-state index contributed by atoms with van der Waals surface area (Å²) in [4.78, 5) is 14.6. The maximum Gasteiger partial charge on any atom is 0.164 e. The van der Waals surface area contributed by atoms with Crippen molar-refractivity contribution < 1.29 is 18.1 Å². The Labute approximate surface area is 285 Å². The highest BCUT2D eigenvalue weighted by Gasteiger charge is 2.19. The van der Waals surface area contributed by atoms with Crippen LogP contribution in [0.5, 0.6) is 0 Å². The summed E-state index contributed by atoms with van der Waals surface area (Å²) in [6.07, 6.45) is 0. The van der Waals surface area contributed by atoms with Crippen LogP contribution >= 0.6 is 0 Å². The monoisotopic (exact) mass is 611 g/mol. The van der Waals surface area contributed by atoms with Crippen LogP contribution in [0.3, 0.4) is 0 Å². The fourth-order valence-corrected chi connectivity index (χ4v) is 5.86. The largest absolute Gasteiger partial charge is 0.456 e. The molecule has 9 aromatic rings. The molecular weight excluding hydrogens is 574 g/mol. The van der Waals surface area contributed by atoms with Crippen molar-refractivity contribution in [1.82, 2.24) is 15.0 Å². The van der Waals surface area contributed by atoms with E-state index in [0.717, 1.165) is 27.3 Å². The van der Waals surface area contributed by atoms with E-state index in [2.05, 4.69) is 0 Å². The summed E-state index contributed by atoms with van der Waals surface area (Å²) < 4.78 is 90.2. The highest BCUT2D eigenvalue weighted by molar-refractivity contribution is 6.13. The van der Waals surface area contributed by atoms with Gasteiger partial charge in [-0.3, -0.25) is 0 Å². The molecule has 4 nitrogen and oxygen atoms in total. The first-order valence-corrected chi connectivity index (χ1v) is 14.9. The topological polar surface area (TPSA) is 51.8 Å². The smallest absolute Gasteiger partial charge is 0.164 e. The molecule has 0 unspecified atom stereocenters. The molecule has 2 heterocycles. The van der Waals surface area contributed by atoms with Crippen molar-refractivity contribution in [2.24, 2.45) is 0 Å². The van der Waals surface area contributed by atoms with E-state index in [1.54, 1.807) is 30.3 Å². The standard InChI is InChI=1S/C43H27N3O/c1-4-12-28(13-5-1)31-20-21-33-25-34(23-22-32(33)24-31)42-44-41(30-16-8-3-9-17-30)45-43(46-42)37-26-35(29-14-6-2-7-15-29)27-39-40(37)36-18-10-11-19-38(36)47-39/h1-27H/i1D,3D,4D,5D,8D,9D,12D,13D,16D,17D. The third kappa shape index (κ3) is 4.93. The van der Waals surface area contributed by atoms with E-state index in [4.69, 9.17) is 33.1 Å². The van der Waals surface area contributed by atoms with Crippen molar-refractivity contribution in [2.75, 3.05) is 0 Å². The molecule has 9 rings (SSSR count). The van der Waals surface area contributed by atoms with Crippen molar-refractivity contribution >= 4 is 32.7 Å². The van der Waals surface area contributed by atoms with Gasteiger partial charge in [-0.2, -0.15) is 0 Å². The fraction of sp³-hybridized carbons (Fsp3) is 0. The quantitative estimate of drug-likeness (QED) is 0.194. The number of hydrogen-bond donors (Lipinski definition) is 0. The highest BCUT2D eigenvalue weighted by atomic mass is 16.3. The molecule has 0 saturated carbocycles. The molecule has 0 atom stereocenters. The number of hydrogen-bond acceptors (Lipinski definition) is 4. The zero-order valence-electron chi connectivity index (χ0n) is 34.6. The van der Waals surface area contributed by atoms with Crippen LogP contribution in [0.25, 0.3) is 89.1 Å². The van der Waals surface area contributed by atoms with Gasteiger partial charge in [-0.15, -0.1) is 0 Å². The number of fused-ring (bicyclic) bond motifs is 4. The van der Waals surface area contributed by atoms with E-state index in [1.807, 2.05) is 72.8 Å². The molecule has 0 fully saturated rings. The summed E-state index contributed by atoms with van der Waals surface area (Å²) in [6.45, 7) is 0. The normalized spacial score (nSPS) is 14.4. The molecule has 2 aromatic heterocycles. The van der Waals surface area contributed by atoms with Crippen LogP contribution in [-0.2, 0) is 0 Å². The van der Waals surface area contributed by atoms with Crippen LogP contribution in [0.2, 0.25) is 0 Å². The Balaban J connectivity index is 1.29. The third-order valence-electron chi connectivity index (χ3n) is 8.07. The predicted octanol–water partition coefficient (Wildman–Crippen LogP) is 11.3. The summed E-state index contributed by atoms with van der Waals surface area (Å²) in [5.74, 6) is 0.243. The van der Waals surface area contributed by atoms with E-state index in [9.17, 15) is 0 Å². The van der Waals surface area contributed by atoms with Gasteiger partial charge in [0.05, 0.1) is 13.7 Å². The molecule has 220 valence electrons. The fourth-order valence-electron chi connectivity index (χ4n) is 5.86. The van der Waals surface area contributed by atoms with E-state index in [-0.39, 0.29) is 40.7 Å². The summed E-state index contributed by atoms with van der Waals surface area (Å²) in [5, 5.41) is 2.98. The van der Waals surface area contributed by atoms with Gasteiger partial charge in [-0.05, 0) is 63.4 Å². The van der Waals surface area contributed by atoms with Crippen molar-refractivity contribution in [3.63, 3.8) is 0 Å². The van der Waals surface area contributed by atoms with Crippen LogP contribution in [-0.4, -0.2) is 15.0 Å². The number of aromatic nitrogens is 3. The first-order valence-electron chi connectivity index (χ1n) is 19.9. The van der Waals surface area contributed by atoms with E-state index < -0.39 is 48.3 Å². The lowest BCUT2D eigenvalue weighted by atomic mass is 9.98. The molecule has 0 aliphatic carbocycles. The summed E-state index contributed by atoms with van der Waals surface area (Å²) in [7, 11) is 0. The van der Waals surface area contributed by atoms with Crippen molar-refractivity contribution in [3.05, 3.63) is 164 Å². The lowest BCUT2D eigenvalue weighted by Gasteiger charge is -2.12. The molecule has 0 N–H and O–H groups in total. The first kappa shape index (κ1) is 18.5. The number of rotatable bonds is 5. The minimum absolute atomic E-state index is 0.0909. The predicted molar refractivity (Wildman–Crippen MR) is 192 cm³/mol. The van der Waals surface area contributed by atoms with Gasteiger partial charge >= 0.3 is 0 Å². The zero-order valence-corrected chi connectivity index (χ0v) is 24.6.